The maximum absolute atomic E-state index is 5.86. The quantitative estimate of drug-likeness (QED) is 0.872. The number of rotatable bonds is 6. The van der Waals surface area contributed by atoms with Crippen LogP contribution in [0, 0.1) is 5.92 Å². The van der Waals surface area contributed by atoms with Gasteiger partial charge in [-0.25, -0.2) is 0 Å². The Morgan fingerprint density at radius 2 is 2.00 bits per heavy atom. The third-order valence-electron chi connectivity index (χ3n) is 4.32. The van der Waals surface area contributed by atoms with Gasteiger partial charge in [-0.05, 0) is 38.1 Å². The minimum Gasteiger partial charge on any atom is -0.423 e. The molecule has 1 unspecified atom stereocenters. The van der Waals surface area contributed by atoms with E-state index in [1.54, 1.807) is 0 Å². The van der Waals surface area contributed by atoms with Gasteiger partial charge in [0.15, 0.2) is 0 Å². The van der Waals surface area contributed by atoms with Gasteiger partial charge in [0.1, 0.15) is 0 Å². The number of aromatic nitrogens is 2. The standard InChI is InChI=1S/C16H28N4O/c1-16(2,3)15-19-18-14(21-15)11-20(9-12-6-7-12)10-13-5-4-8-17-13/h12-13,17H,4-11H2,1-3H3. The first-order valence-electron chi connectivity index (χ1n) is 8.29. The van der Waals surface area contributed by atoms with Gasteiger partial charge in [-0.15, -0.1) is 10.2 Å². The zero-order chi connectivity index (χ0) is 14.9. The summed E-state index contributed by atoms with van der Waals surface area (Å²) in [6, 6.07) is 0.633. The van der Waals surface area contributed by atoms with Gasteiger partial charge >= 0.3 is 0 Å². The van der Waals surface area contributed by atoms with Crippen LogP contribution in [0.25, 0.3) is 0 Å². The average molecular weight is 292 g/mol. The lowest BCUT2D eigenvalue weighted by Gasteiger charge is -2.24. The molecule has 5 heteroatoms. The molecule has 2 heterocycles. The summed E-state index contributed by atoms with van der Waals surface area (Å²) in [5.74, 6) is 2.39. The first-order valence-corrected chi connectivity index (χ1v) is 8.29. The highest BCUT2D eigenvalue weighted by molar-refractivity contribution is 4.96. The van der Waals surface area contributed by atoms with E-state index in [4.69, 9.17) is 4.42 Å². The van der Waals surface area contributed by atoms with Crippen molar-refractivity contribution in [1.29, 1.82) is 0 Å². The highest BCUT2D eigenvalue weighted by Crippen LogP contribution is 2.30. The lowest BCUT2D eigenvalue weighted by molar-refractivity contribution is 0.207. The van der Waals surface area contributed by atoms with E-state index in [1.807, 2.05) is 0 Å². The molecule has 1 N–H and O–H groups in total. The number of nitrogens with one attached hydrogen (secondary N) is 1. The molecule has 2 aliphatic rings. The third kappa shape index (κ3) is 4.27. The molecule has 1 aromatic rings. The van der Waals surface area contributed by atoms with Gasteiger partial charge in [0.2, 0.25) is 11.8 Å². The zero-order valence-electron chi connectivity index (χ0n) is 13.6. The summed E-state index contributed by atoms with van der Waals surface area (Å²) in [4.78, 5) is 2.50. The molecule has 0 spiro atoms. The summed E-state index contributed by atoms with van der Waals surface area (Å²) in [6.45, 7) is 10.5. The first-order chi connectivity index (χ1) is 10.0. The Kier molecular flexibility index (Phi) is 4.31. The van der Waals surface area contributed by atoms with E-state index >= 15 is 0 Å². The highest BCUT2D eigenvalue weighted by atomic mass is 16.4. The summed E-state index contributed by atoms with van der Waals surface area (Å²) >= 11 is 0. The molecule has 1 aromatic heterocycles. The van der Waals surface area contributed by atoms with Crippen LogP contribution < -0.4 is 5.32 Å². The summed E-state index contributed by atoms with van der Waals surface area (Å²) in [7, 11) is 0. The second-order valence-corrected chi connectivity index (χ2v) is 7.68. The van der Waals surface area contributed by atoms with E-state index in [0.29, 0.717) is 6.04 Å². The molecule has 1 aliphatic heterocycles. The van der Waals surface area contributed by atoms with E-state index in [1.165, 1.54) is 32.2 Å². The van der Waals surface area contributed by atoms with Crippen molar-refractivity contribution in [2.75, 3.05) is 19.6 Å². The lowest BCUT2D eigenvalue weighted by atomic mass is 9.97. The molecule has 5 nitrogen and oxygen atoms in total. The molecule has 3 rings (SSSR count). The van der Waals surface area contributed by atoms with Gasteiger partial charge in [-0.1, -0.05) is 20.8 Å². The van der Waals surface area contributed by atoms with E-state index in [9.17, 15) is 0 Å². The Bertz CT molecular complexity index is 455. The Morgan fingerprint density at radius 1 is 1.19 bits per heavy atom. The molecule has 1 aliphatic carbocycles. The summed E-state index contributed by atoms with van der Waals surface area (Å²) in [5.41, 5.74) is -0.0699. The van der Waals surface area contributed by atoms with Crippen molar-refractivity contribution in [1.82, 2.24) is 20.4 Å². The van der Waals surface area contributed by atoms with Gasteiger partial charge in [-0.3, -0.25) is 4.90 Å². The van der Waals surface area contributed by atoms with Crippen molar-refractivity contribution < 1.29 is 4.42 Å². The Hall–Kier alpha value is -0.940. The van der Waals surface area contributed by atoms with Crippen LogP contribution in [0.15, 0.2) is 4.42 Å². The zero-order valence-corrected chi connectivity index (χ0v) is 13.6. The summed E-state index contributed by atoms with van der Waals surface area (Å²) in [5, 5.41) is 12.0. The third-order valence-corrected chi connectivity index (χ3v) is 4.32. The lowest BCUT2D eigenvalue weighted by Crippen LogP contribution is -2.38. The number of nitrogens with zero attached hydrogens (tertiary/aromatic N) is 3. The van der Waals surface area contributed by atoms with Crippen molar-refractivity contribution in [2.24, 2.45) is 5.92 Å². The van der Waals surface area contributed by atoms with Crippen LogP contribution in [0.5, 0.6) is 0 Å². The molecule has 21 heavy (non-hydrogen) atoms. The maximum Gasteiger partial charge on any atom is 0.230 e. The maximum atomic E-state index is 5.86. The van der Waals surface area contributed by atoms with Gasteiger partial charge in [0.05, 0.1) is 6.54 Å². The van der Waals surface area contributed by atoms with Gasteiger partial charge < -0.3 is 9.73 Å². The molecular formula is C16H28N4O. The molecular weight excluding hydrogens is 264 g/mol. The van der Waals surface area contributed by atoms with Crippen LogP contribution in [-0.4, -0.2) is 40.8 Å². The fourth-order valence-electron chi connectivity index (χ4n) is 2.91. The van der Waals surface area contributed by atoms with E-state index in [-0.39, 0.29) is 5.41 Å². The molecule has 0 amide bonds. The van der Waals surface area contributed by atoms with Crippen LogP contribution in [0.4, 0.5) is 0 Å². The number of hydrogen-bond donors (Lipinski definition) is 1. The van der Waals surface area contributed by atoms with Gasteiger partial charge in [0.25, 0.3) is 0 Å². The molecule has 1 saturated heterocycles. The monoisotopic (exact) mass is 292 g/mol. The van der Waals surface area contributed by atoms with Gasteiger partial charge in [-0.2, -0.15) is 0 Å². The van der Waals surface area contributed by atoms with Crippen molar-refractivity contribution in [3.63, 3.8) is 0 Å². The Balaban J connectivity index is 1.60. The fourth-order valence-corrected chi connectivity index (χ4v) is 2.91. The predicted molar refractivity (Wildman–Crippen MR) is 82.0 cm³/mol. The van der Waals surface area contributed by atoms with Crippen molar-refractivity contribution >= 4 is 0 Å². The molecule has 0 bridgehead atoms. The fraction of sp³-hybridized carbons (Fsp3) is 0.875. The largest absolute Gasteiger partial charge is 0.423 e. The average Bonchev–Trinajstić information content (AvgIpc) is 2.90. The topological polar surface area (TPSA) is 54.2 Å². The van der Waals surface area contributed by atoms with Crippen LogP contribution in [0.1, 0.15) is 58.2 Å². The van der Waals surface area contributed by atoms with E-state index < -0.39 is 0 Å². The first kappa shape index (κ1) is 15.0. The molecule has 118 valence electrons. The van der Waals surface area contributed by atoms with E-state index in [0.717, 1.165) is 37.3 Å². The highest BCUT2D eigenvalue weighted by Gasteiger charge is 2.28. The number of hydrogen-bond acceptors (Lipinski definition) is 5. The SMILES string of the molecule is CC(C)(C)c1nnc(CN(CC2CC2)CC2CCCN2)o1. The summed E-state index contributed by atoms with van der Waals surface area (Å²) < 4.78 is 5.86. The molecule has 0 radical (unpaired) electrons. The summed E-state index contributed by atoms with van der Waals surface area (Å²) in [6.07, 6.45) is 5.35. The van der Waals surface area contributed by atoms with Crippen LogP contribution in [0.2, 0.25) is 0 Å². The predicted octanol–water partition coefficient (Wildman–Crippen LogP) is 2.33. The van der Waals surface area contributed by atoms with Gasteiger partial charge in [0, 0.05) is 24.5 Å². The second kappa shape index (κ2) is 6.05. The minimum absolute atomic E-state index is 0.0699. The van der Waals surface area contributed by atoms with Crippen molar-refractivity contribution in [2.45, 2.75) is 64.5 Å². The Morgan fingerprint density at radius 3 is 2.57 bits per heavy atom. The van der Waals surface area contributed by atoms with Crippen molar-refractivity contribution in [3.8, 4) is 0 Å². The van der Waals surface area contributed by atoms with Crippen LogP contribution in [0.3, 0.4) is 0 Å². The molecule has 0 aromatic carbocycles. The molecule has 2 fully saturated rings. The van der Waals surface area contributed by atoms with Crippen molar-refractivity contribution in [3.05, 3.63) is 11.8 Å². The molecule has 1 atom stereocenters. The minimum atomic E-state index is -0.0699. The normalized spacial score (nSPS) is 23.1. The smallest absolute Gasteiger partial charge is 0.230 e. The Labute approximate surface area is 127 Å². The van der Waals surface area contributed by atoms with E-state index in [2.05, 4.69) is 41.2 Å². The second-order valence-electron chi connectivity index (χ2n) is 7.68. The van der Waals surface area contributed by atoms with Crippen LogP contribution >= 0.6 is 0 Å². The van der Waals surface area contributed by atoms with Crippen LogP contribution in [-0.2, 0) is 12.0 Å². The molecule has 1 saturated carbocycles.